The molecule has 8 heteroatoms. The number of aliphatic carboxylic acids is 2. The number of carbonyl (C=O) groups is 2. The average Bonchev–Trinajstić information content (AvgIpc) is 2.41. The Morgan fingerprint density at radius 3 is 2.60 bits per heavy atom. The van der Waals surface area contributed by atoms with Gasteiger partial charge >= 0.3 is 11.9 Å². The van der Waals surface area contributed by atoms with E-state index in [1.165, 1.54) is 7.11 Å². The van der Waals surface area contributed by atoms with Gasteiger partial charge in [0.05, 0.1) is 25.1 Å². The van der Waals surface area contributed by atoms with E-state index in [0.717, 1.165) is 0 Å². The molecule has 20 heavy (non-hydrogen) atoms. The highest BCUT2D eigenvalue weighted by Crippen LogP contribution is 2.22. The Labute approximate surface area is 115 Å². The number of aliphatic hydroxyl groups excluding tert-OH is 1. The summed E-state index contributed by atoms with van der Waals surface area (Å²) in [4.78, 5) is 25.4. The van der Waals surface area contributed by atoms with E-state index in [4.69, 9.17) is 20.1 Å². The summed E-state index contributed by atoms with van der Waals surface area (Å²) in [6.07, 6.45) is 1.82. The molecule has 1 aliphatic carbocycles. The standard InChI is InChI=1S/C12H18N2O6/c1-20-11-7(13-5-10(16)17)3-2-4-8(11)14-9(6-15)12(18)19/h9,13,15H,2-6H2,1H3,(H,16,17)(H,18,19)/b14-8+/t9-/m0/s1. The molecule has 8 nitrogen and oxygen atoms in total. The normalized spacial score (nSPS) is 18.8. The van der Waals surface area contributed by atoms with E-state index in [-0.39, 0.29) is 6.54 Å². The number of ether oxygens (including phenoxy) is 1. The van der Waals surface area contributed by atoms with Crippen LogP contribution in [0, 0.1) is 0 Å². The van der Waals surface area contributed by atoms with Gasteiger partial charge in [-0.2, -0.15) is 0 Å². The van der Waals surface area contributed by atoms with Crippen molar-refractivity contribution in [2.75, 3.05) is 20.3 Å². The van der Waals surface area contributed by atoms with Gasteiger partial charge in [-0.15, -0.1) is 0 Å². The van der Waals surface area contributed by atoms with Crippen molar-refractivity contribution in [2.45, 2.75) is 25.3 Å². The number of hydrogen-bond acceptors (Lipinski definition) is 6. The zero-order chi connectivity index (χ0) is 15.1. The van der Waals surface area contributed by atoms with Gasteiger partial charge in [0, 0.05) is 0 Å². The third-order valence-corrected chi connectivity index (χ3v) is 2.80. The minimum Gasteiger partial charge on any atom is -0.493 e. The van der Waals surface area contributed by atoms with Crippen LogP contribution in [0.25, 0.3) is 0 Å². The molecule has 0 fully saturated rings. The number of aliphatic imine (C=N–C) groups is 1. The second kappa shape index (κ2) is 7.49. The molecule has 0 aromatic carbocycles. The fourth-order valence-electron chi connectivity index (χ4n) is 1.91. The van der Waals surface area contributed by atoms with Gasteiger partial charge in [-0.05, 0) is 19.3 Å². The number of methoxy groups -OCH3 is 1. The van der Waals surface area contributed by atoms with Crippen molar-refractivity contribution in [3.8, 4) is 0 Å². The molecule has 0 aliphatic heterocycles. The molecule has 0 unspecified atom stereocenters. The van der Waals surface area contributed by atoms with E-state index in [0.29, 0.717) is 36.4 Å². The van der Waals surface area contributed by atoms with Crippen molar-refractivity contribution in [3.63, 3.8) is 0 Å². The predicted molar refractivity (Wildman–Crippen MR) is 69.5 cm³/mol. The summed E-state index contributed by atoms with van der Waals surface area (Å²) in [6, 6.07) is -1.24. The first-order chi connectivity index (χ1) is 9.49. The lowest BCUT2D eigenvalue weighted by Crippen LogP contribution is -2.30. The minimum atomic E-state index is -1.24. The summed E-state index contributed by atoms with van der Waals surface area (Å²) < 4.78 is 5.19. The number of rotatable bonds is 7. The SMILES string of the molecule is COC1=C(NCC(=O)O)CCC/C1=N\[C@@H](CO)C(=O)O. The van der Waals surface area contributed by atoms with Gasteiger partial charge in [0.15, 0.2) is 11.8 Å². The second-order valence-corrected chi connectivity index (χ2v) is 4.23. The Morgan fingerprint density at radius 2 is 2.10 bits per heavy atom. The Bertz CT molecular complexity index is 443. The fraction of sp³-hybridized carbons (Fsp3) is 0.583. The van der Waals surface area contributed by atoms with Gasteiger partial charge in [0.25, 0.3) is 0 Å². The molecule has 0 aromatic heterocycles. The molecule has 1 atom stereocenters. The maximum atomic E-state index is 10.9. The number of aliphatic hydroxyl groups is 1. The highest BCUT2D eigenvalue weighted by atomic mass is 16.5. The zero-order valence-electron chi connectivity index (χ0n) is 11.1. The van der Waals surface area contributed by atoms with Crippen molar-refractivity contribution in [3.05, 3.63) is 11.5 Å². The summed E-state index contributed by atoms with van der Waals surface area (Å²) in [7, 11) is 1.41. The van der Waals surface area contributed by atoms with Crippen molar-refractivity contribution in [2.24, 2.45) is 4.99 Å². The maximum absolute atomic E-state index is 10.9. The van der Waals surface area contributed by atoms with Gasteiger partial charge in [0.2, 0.25) is 0 Å². The van der Waals surface area contributed by atoms with Crippen LogP contribution in [-0.4, -0.2) is 59.3 Å². The van der Waals surface area contributed by atoms with E-state index in [1.54, 1.807) is 0 Å². The van der Waals surface area contributed by atoms with E-state index in [9.17, 15) is 9.59 Å². The van der Waals surface area contributed by atoms with E-state index >= 15 is 0 Å². The largest absolute Gasteiger partial charge is 0.493 e. The number of nitrogens with one attached hydrogen (secondary N) is 1. The second-order valence-electron chi connectivity index (χ2n) is 4.23. The van der Waals surface area contributed by atoms with Crippen LogP contribution in [0.1, 0.15) is 19.3 Å². The molecule has 0 saturated heterocycles. The van der Waals surface area contributed by atoms with Crippen molar-refractivity contribution in [1.82, 2.24) is 5.32 Å². The van der Waals surface area contributed by atoms with Crippen LogP contribution in [0.15, 0.2) is 16.4 Å². The summed E-state index contributed by atoms with van der Waals surface area (Å²) >= 11 is 0. The molecule has 0 spiro atoms. The fourth-order valence-corrected chi connectivity index (χ4v) is 1.91. The summed E-state index contributed by atoms with van der Waals surface area (Å²) in [5.74, 6) is -1.87. The van der Waals surface area contributed by atoms with Crippen molar-refractivity contribution in [1.29, 1.82) is 0 Å². The summed E-state index contributed by atoms with van der Waals surface area (Å²) in [5, 5.41) is 29.3. The Balaban J connectivity index is 3.00. The lowest BCUT2D eigenvalue weighted by molar-refractivity contribution is -0.139. The van der Waals surface area contributed by atoms with Crippen LogP contribution in [0.3, 0.4) is 0 Å². The summed E-state index contributed by atoms with van der Waals surface area (Å²) in [6.45, 7) is -0.856. The first kappa shape index (κ1) is 16.0. The number of hydrogen-bond donors (Lipinski definition) is 4. The molecule has 1 rings (SSSR count). The monoisotopic (exact) mass is 286 g/mol. The highest BCUT2D eigenvalue weighted by molar-refractivity contribution is 6.01. The van der Waals surface area contributed by atoms with E-state index in [2.05, 4.69) is 10.3 Å². The van der Waals surface area contributed by atoms with Crippen LogP contribution in [-0.2, 0) is 14.3 Å². The van der Waals surface area contributed by atoms with Crippen LogP contribution in [0.4, 0.5) is 0 Å². The third kappa shape index (κ3) is 4.23. The average molecular weight is 286 g/mol. The molecule has 0 radical (unpaired) electrons. The molecule has 0 heterocycles. The zero-order valence-corrected chi connectivity index (χ0v) is 11.1. The van der Waals surface area contributed by atoms with Gasteiger partial charge in [-0.3, -0.25) is 9.79 Å². The van der Waals surface area contributed by atoms with Crippen molar-refractivity contribution >= 4 is 17.7 Å². The maximum Gasteiger partial charge on any atom is 0.330 e. The molecule has 0 saturated carbocycles. The van der Waals surface area contributed by atoms with Gasteiger partial charge < -0.3 is 25.4 Å². The van der Waals surface area contributed by atoms with Crippen LogP contribution in [0.2, 0.25) is 0 Å². The Morgan fingerprint density at radius 1 is 1.40 bits per heavy atom. The molecule has 0 aromatic rings. The lowest BCUT2D eigenvalue weighted by Gasteiger charge is -2.22. The molecule has 4 N–H and O–H groups in total. The van der Waals surface area contributed by atoms with Crippen molar-refractivity contribution < 1.29 is 29.6 Å². The van der Waals surface area contributed by atoms with E-state index in [1.807, 2.05) is 0 Å². The molecule has 1 aliphatic rings. The first-order valence-corrected chi connectivity index (χ1v) is 6.13. The topological polar surface area (TPSA) is 128 Å². The molecule has 0 amide bonds. The number of allylic oxidation sites excluding steroid dienone is 2. The van der Waals surface area contributed by atoms with Crippen LogP contribution < -0.4 is 5.32 Å². The molecular weight excluding hydrogens is 268 g/mol. The molecule has 112 valence electrons. The van der Waals surface area contributed by atoms with Gasteiger partial charge in [-0.25, -0.2) is 4.79 Å². The van der Waals surface area contributed by atoms with Crippen LogP contribution >= 0.6 is 0 Å². The van der Waals surface area contributed by atoms with Gasteiger partial charge in [0.1, 0.15) is 6.54 Å². The predicted octanol–water partition coefficient (Wildman–Crippen LogP) is -0.411. The van der Waals surface area contributed by atoms with Crippen LogP contribution in [0.5, 0.6) is 0 Å². The minimum absolute atomic E-state index is 0.252. The highest BCUT2D eigenvalue weighted by Gasteiger charge is 2.23. The quantitative estimate of drug-likeness (QED) is 0.500. The smallest absolute Gasteiger partial charge is 0.330 e. The molecular formula is C12H18N2O6. The summed E-state index contributed by atoms with van der Waals surface area (Å²) in [5.41, 5.74) is 1.01. The number of nitrogens with zero attached hydrogens (tertiary/aromatic N) is 1. The van der Waals surface area contributed by atoms with E-state index < -0.39 is 24.6 Å². The number of carboxylic acid groups (broad SMARTS) is 2. The Hall–Kier alpha value is -2.09. The molecule has 0 bridgehead atoms. The Kier molecular flexibility index (Phi) is 5.98. The first-order valence-electron chi connectivity index (χ1n) is 6.13. The number of carboxylic acids is 2. The van der Waals surface area contributed by atoms with Gasteiger partial charge in [-0.1, -0.05) is 0 Å². The lowest BCUT2D eigenvalue weighted by atomic mass is 10.00. The third-order valence-electron chi connectivity index (χ3n) is 2.80.